The van der Waals surface area contributed by atoms with Crippen LogP contribution < -0.4 is 15.4 Å². The molecule has 31 heavy (non-hydrogen) atoms. The van der Waals surface area contributed by atoms with E-state index in [2.05, 4.69) is 10.6 Å². The van der Waals surface area contributed by atoms with E-state index in [1.165, 1.54) is 0 Å². The van der Waals surface area contributed by atoms with Gasteiger partial charge in [-0.2, -0.15) is 0 Å². The van der Waals surface area contributed by atoms with Crippen molar-refractivity contribution in [1.29, 1.82) is 0 Å². The average Bonchev–Trinajstić information content (AvgIpc) is 2.81. The molecule has 0 atom stereocenters. The summed E-state index contributed by atoms with van der Waals surface area (Å²) in [6.45, 7) is 5.93. The molecule has 0 aliphatic carbocycles. The summed E-state index contributed by atoms with van der Waals surface area (Å²) >= 11 is 0. The minimum Gasteiger partial charge on any atom is -0.491 e. The molecule has 0 spiro atoms. The highest BCUT2D eigenvalue weighted by molar-refractivity contribution is 5.98. The first-order chi connectivity index (χ1) is 15.2. The number of hydrogen-bond donors (Lipinski definition) is 2. The molecule has 2 N–H and O–H groups in total. The van der Waals surface area contributed by atoms with Crippen LogP contribution >= 0.6 is 0 Å². The summed E-state index contributed by atoms with van der Waals surface area (Å²) in [4.78, 5) is 26.7. The summed E-state index contributed by atoms with van der Waals surface area (Å²) in [7, 11) is 0. The lowest BCUT2D eigenvalue weighted by Gasteiger charge is -2.27. The second-order valence-electron chi connectivity index (χ2n) is 6.96. The first-order valence-electron chi connectivity index (χ1n) is 10.5. The normalized spacial score (nSPS) is 13.5. The van der Waals surface area contributed by atoms with Gasteiger partial charge in [-0.1, -0.05) is 12.1 Å². The highest BCUT2D eigenvalue weighted by Gasteiger charge is 2.18. The highest BCUT2D eigenvalue weighted by Crippen LogP contribution is 2.18. The Bertz CT molecular complexity index is 868. The lowest BCUT2D eigenvalue weighted by Crippen LogP contribution is -2.40. The molecule has 1 fully saturated rings. The number of carbonyl (C=O) groups is 2. The van der Waals surface area contributed by atoms with Crippen molar-refractivity contribution >= 4 is 23.2 Å². The van der Waals surface area contributed by atoms with Gasteiger partial charge in [-0.25, -0.2) is 0 Å². The number of rotatable bonds is 10. The molecule has 1 aliphatic rings. The molecule has 0 aromatic heterocycles. The molecule has 8 nitrogen and oxygen atoms in total. The quantitative estimate of drug-likeness (QED) is 0.567. The van der Waals surface area contributed by atoms with E-state index in [9.17, 15) is 9.59 Å². The van der Waals surface area contributed by atoms with Gasteiger partial charge in [0.15, 0.2) is 0 Å². The Labute approximate surface area is 182 Å². The lowest BCUT2D eigenvalue weighted by molar-refractivity contribution is -0.114. The van der Waals surface area contributed by atoms with Crippen LogP contribution in [0.15, 0.2) is 48.5 Å². The third-order valence-electron chi connectivity index (χ3n) is 4.68. The summed E-state index contributed by atoms with van der Waals surface area (Å²) in [5, 5.41) is 5.91. The van der Waals surface area contributed by atoms with Crippen molar-refractivity contribution in [2.75, 3.05) is 63.3 Å². The molecule has 0 saturated carbocycles. The minimum atomic E-state index is -0.210. The molecule has 0 bridgehead atoms. The Balaban J connectivity index is 1.49. The largest absolute Gasteiger partial charge is 0.491 e. The molecule has 2 amide bonds. The molecule has 2 aromatic rings. The maximum absolute atomic E-state index is 12.6. The molecule has 1 saturated heterocycles. The lowest BCUT2D eigenvalue weighted by atomic mass is 10.1. The fourth-order valence-corrected chi connectivity index (χ4v) is 3.13. The number of anilines is 2. The first-order valence-corrected chi connectivity index (χ1v) is 10.5. The van der Waals surface area contributed by atoms with Gasteiger partial charge in [0.05, 0.1) is 26.4 Å². The molecular formula is C23H29N3O5. The van der Waals surface area contributed by atoms with Gasteiger partial charge in [0.1, 0.15) is 12.4 Å². The molecule has 1 aliphatic heterocycles. The van der Waals surface area contributed by atoms with Crippen molar-refractivity contribution in [1.82, 2.24) is 4.90 Å². The Hall–Kier alpha value is -3.10. The van der Waals surface area contributed by atoms with Crippen LogP contribution in [0.2, 0.25) is 0 Å². The van der Waals surface area contributed by atoms with Gasteiger partial charge in [-0.15, -0.1) is 0 Å². The number of ether oxygens (including phenoxy) is 3. The second kappa shape index (κ2) is 11.9. The molecule has 1 heterocycles. The van der Waals surface area contributed by atoms with Crippen LogP contribution in [0.5, 0.6) is 5.75 Å². The van der Waals surface area contributed by atoms with Gasteiger partial charge in [0, 0.05) is 42.7 Å². The topological polar surface area (TPSA) is 89.1 Å². The van der Waals surface area contributed by atoms with E-state index < -0.39 is 0 Å². The van der Waals surface area contributed by atoms with Crippen LogP contribution in [0.1, 0.15) is 17.3 Å². The summed E-state index contributed by atoms with van der Waals surface area (Å²) in [6, 6.07) is 14.4. The fraction of sp³-hybridized carbons (Fsp3) is 0.391. The standard InChI is InChI=1S/C23H29N3O5/c1-2-29-13-14-31-21-8-4-6-19(16-21)24-17-22(27)25-20-7-3-5-18(15-20)23(28)26-9-11-30-12-10-26/h3-8,15-16,24H,2,9-14,17H2,1H3,(H,25,27). The van der Waals surface area contributed by atoms with Crippen LogP contribution in [-0.4, -0.2) is 69.4 Å². The van der Waals surface area contributed by atoms with E-state index in [0.29, 0.717) is 63.1 Å². The Morgan fingerprint density at radius 2 is 1.81 bits per heavy atom. The zero-order valence-corrected chi connectivity index (χ0v) is 17.8. The number of hydrogen-bond acceptors (Lipinski definition) is 6. The molecule has 166 valence electrons. The second-order valence-corrected chi connectivity index (χ2v) is 6.96. The van der Waals surface area contributed by atoms with Crippen LogP contribution in [0.25, 0.3) is 0 Å². The van der Waals surface area contributed by atoms with Crippen LogP contribution in [-0.2, 0) is 14.3 Å². The van der Waals surface area contributed by atoms with Crippen molar-refractivity contribution in [3.63, 3.8) is 0 Å². The first kappa shape index (κ1) is 22.6. The zero-order valence-electron chi connectivity index (χ0n) is 17.8. The van der Waals surface area contributed by atoms with Crippen LogP contribution in [0.3, 0.4) is 0 Å². The molecule has 8 heteroatoms. The van der Waals surface area contributed by atoms with Crippen molar-refractivity contribution in [2.45, 2.75) is 6.92 Å². The van der Waals surface area contributed by atoms with Gasteiger partial charge < -0.3 is 29.7 Å². The minimum absolute atomic E-state index is 0.0568. The summed E-state index contributed by atoms with van der Waals surface area (Å²) in [6.07, 6.45) is 0. The van der Waals surface area contributed by atoms with E-state index >= 15 is 0 Å². The van der Waals surface area contributed by atoms with E-state index in [-0.39, 0.29) is 18.4 Å². The number of morpholine rings is 1. The molecular weight excluding hydrogens is 398 g/mol. The number of nitrogens with zero attached hydrogens (tertiary/aromatic N) is 1. The van der Waals surface area contributed by atoms with Crippen LogP contribution in [0.4, 0.5) is 11.4 Å². The van der Waals surface area contributed by atoms with Gasteiger partial charge in [-0.05, 0) is 37.3 Å². The van der Waals surface area contributed by atoms with Crippen LogP contribution in [0, 0.1) is 0 Å². The van der Waals surface area contributed by atoms with Gasteiger partial charge in [-0.3, -0.25) is 9.59 Å². The predicted octanol–water partition coefficient (Wildman–Crippen LogP) is 2.62. The monoisotopic (exact) mass is 427 g/mol. The van der Waals surface area contributed by atoms with E-state index in [1.807, 2.05) is 31.2 Å². The summed E-state index contributed by atoms with van der Waals surface area (Å²) < 4.78 is 16.2. The van der Waals surface area contributed by atoms with Crippen molar-refractivity contribution in [2.24, 2.45) is 0 Å². The number of amides is 2. The number of benzene rings is 2. The summed E-state index contributed by atoms with van der Waals surface area (Å²) in [5.41, 5.74) is 1.91. The Kier molecular flexibility index (Phi) is 8.69. The predicted molar refractivity (Wildman–Crippen MR) is 119 cm³/mol. The highest BCUT2D eigenvalue weighted by atomic mass is 16.5. The average molecular weight is 428 g/mol. The van der Waals surface area contributed by atoms with Gasteiger partial charge in [0.25, 0.3) is 5.91 Å². The van der Waals surface area contributed by atoms with E-state index in [1.54, 1.807) is 29.2 Å². The van der Waals surface area contributed by atoms with Crippen molar-refractivity contribution in [3.8, 4) is 5.75 Å². The zero-order chi connectivity index (χ0) is 21.9. The van der Waals surface area contributed by atoms with Gasteiger partial charge >= 0.3 is 0 Å². The van der Waals surface area contributed by atoms with Crippen molar-refractivity contribution < 1.29 is 23.8 Å². The van der Waals surface area contributed by atoms with Crippen molar-refractivity contribution in [3.05, 3.63) is 54.1 Å². The molecule has 0 radical (unpaired) electrons. The summed E-state index contributed by atoms with van der Waals surface area (Å²) in [5.74, 6) is 0.441. The Morgan fingerprint density at radius 3 is 2.61 bits per heavy atom. The van der Waals surface area contributed by atoms with E-state index in [0.717, 1.165) is 5.69 Å². The molecule has 3 rings (SSSR count). The maximum Gasteiger partial charge on any atom is 0.254 e. The third kappa shape index (κ3) is 7.27. The maximum atomic E-state index is 12.6. The molecule has 2 aromatic carbocycles. The van der Waals surface area contributed by atoms with E-state index in [4.69, 9.17) is 14.2 Å². The third-order valence-corrected chi connectivity index (χ3v) is 4.68. The SMILES string of the molecule is CCOCCOc1cccc(NCC(=O)Nc2cccc(C(=O)N3CCOCC3)c2)c1. The van der Waals surface area contributed by atoms with Gasteiger partial charge in [0.2, 0.25) is 5.91 Å². The number of nitrogens with one attached hydrogen (secondary N) is 2. The number of carbonyl (C=O) groups excluding carboxylic acids is 2. The fourth-order valence-electron chi connectivity index (χ4n) is 3.13. The smallest absolute Gasteiger partial charge is 0.254 e. The Morgan fingerprint density at radius 1 is 1.03 bits per heavy atom. The molecule has 0 unspecified atom stereocenters.